The van der Waals surface area contributed by atoms with E-state index in [9.17, 15) is 0 Å². The smallest absolute Gasteiger partial charge is 0.00954 e. The number of rotatable bonds is 2. The van der Waals surface area contributed by atoms with E-state index >= 15 is 0 Å². The molecule has 0 saturated heterocycles. The molecule has 1 aliphatic rings. The van der Waals surface area contributed by atoms with Crippen molar-refractivity contribution in [1.82, 2.24) is 0 Å². The van der Waals surface area contributed by atoms with E-state index in [-0.39, 0.29) is 0 Å². The van der Waals surface area contributed by atoms with Gasteiger partial charge in [0.25, 0.3) is 0 Å². The summed E-state index contributed by atoms with van der Waals surface area (Å²) < 4.78 is 0. The largest absolute Gasteiger partial charge is 0.0622 e. The lowest BCUT2D eigenvalue weighted by Crippen LogP contribution is -1.96. The van der Waals surface area contributed by atoms with Gasteiger partial charge in [-0.25, -0.2) is 0 Å². The van der Waals surface area contributed by atoms with Crippen LogP contribution in [0, 0.1) is 0 Å². The minimum atomic E-state index is 0.532. The second-order valence-corrected chi connectivity index (χ2v) is 6.98. The Hall–Kier alpha value is -2.86. The molecule has 120 valence electrons. The fourth-order valence-electron chi connectivity index (χ4n) is 4.19. The molecule has 4 aromatic rings. The van der Waals surface area contributed by atoms with E-state index < -0.39 is 0 Å². The molecule has 25 heavy (non-hydrogen) atoms. The minimum Gasteiger partial charge on any atom is -0.0622 e. The zero-order valence-corrected chi connectivity index (χ0v) is 14.2. The molecule has 0 bridgehead atoms. The highest BCUT2D eigenvalue weighted by Crippen LogP contribution is 2.40. The third kappa shape index (κ3) is 2.55. The SMILES string of the molecule is c1ccc(-c2ccc(C3CCc4cc5ccccc5cc43)cc2)cc1. The Labute approximate surface area is 148 Å². The van der Waals surface area contributed by atoms with Crippen molar-refractivity contribution in [2.45, 2.75) is 18.8 Å². The molecule has 0 N–H and O–H groups in total. The second-order valence-electron chi connectivity index (χ2n) is 6.98. The van der Waals surface area contributed by atoms with E-state index in [1.807, 2.05) is 0 Å². The molecule has 0 nitrogen and oxygen atoms in total. The molecule has 0 fully saturated rings. The molecular weight excluding hydrogens is 300 g/mol. The monoisotopic (exact) mass is 320 g/mol. The first kappa shape index (κ1) is 14.5. The highest BCUT2D eigenvalue weighted by Gasteiger charge is 2.24. The van der Waals surface area contributed by atoms with Gasteiger partial charge in [0, 0.05) is 5.92 Å². The van der Waals surface area contributed by atoms with Gasteiger partial charge in [0.1, 0.15) is 0 Å². The lowest BCUT2D eigenvalue weighted by atomic mass is 9.90. The summed E-state index contributed by atoms with van der Waals surface area (Å²) in [5, 5.41) is 2.72. The zero-order valence-electron chi connectivity index (χ0n) is 14.2. The quantitative estimate of drug-likeness (QED) is 0.391. The summed E-state index contributed by atoms with van der Waals surface area (Å²) in [5.74, 6) is 0.532. The van der Waals surface area contributed by atoms with Gasteiger partial charge in [0.05, 0.1) is 0 Å². The number of hydrogen-bond donors (Lipinski definition) is 0. The highest BCUT2D eigenvalue weighted by molar-refractivity contribution is 5.84. The van der Waals surface area contributed by atoms with E-state index in [1.165, 1.54) is 51.4 Å². The van der Waals surface area contributed by atoms with Crippen LogP contribution in [0.5, 0.6) is 0 Å². The van der Waals surface area contributed by atoms with Crippen LogP contribution in [0.25, 0.3) is 21.9 Å². The van der Waals surface area contributed by atoms with Gasteiger partial charge in [-0.1, -0.05) is 91.0 Å². The van der Waals surface area contributed by atoms with Gasteiger partial charge in [0.15, 0.2) is 0 Å². The van der Waals surface area contributed by atoms with Gasteiger partial charge in [-0.15, -0.1) is 0 Å². The Bertz CT molecular complexity index is 1030. The third-order valence-electron chi connectivity index (χ3n) is 5.51. The first-order valence-corrected chi connectivity index (χ1v) is 9.05. The molecule has 0 aliphatic heterocycles. The molecule has 0 radical (unpaired) electrons. The average Bonchev–Trinajstić information content (AvgIpc) is 3.10. The van der Waals surface area contributed by atoms with Crippen molar-refractivity contribution >= 4 is 10.8 Å². The van der Waals surface area contributed by atoms with Crippen LogP contribution < -0.4 is 0 Å². The van der Waals surface area contributed by atoms with Crippen LogP contribution in [0.4, 0.5) is 0 Å². The fourth-order valence-corrected chi connectivity index (χ4v) is 4.19. The van der Waals surface area contributed by atoms with Crippen LogP contribution in [-0.2, 0) is 6.42 Å². The van der Waals surface area contributed by atoms with Gasteiger partial charge in [0.2, 0.25) is 0 Å². The van der Waals surface area contributed by atoms with Crippen molar-refractivity contribution in [3.05, 3.63) is 108 Å². The minimum absolute atomic E-state index is 0.532. The summed E-state index contributed by atoms with van der Waals surface area (Å²) in [5.41, 5.74) is 7.06. The van der Waals surface area contributed by atoms with Gasteiger partial charge in [-0.05, 0) is 51.4 Å². The second kappa shape index (κ2) is 5.89. The van der Waals surface area contributed by atoms with E-state index in [2.05, 4.69) is 91.0 Å². The summed E-state index contributed by atoms with van der Waals surface area (Å²) in [6.07, 6.45) is 2.40. The van der Waals surface area contributed by atoms with Gasteiger partial charge in [-0.2, -0.15) is 0 Å². The van der Waals surface area contributed by atoms with Crippen LogP contribution in [-0.4, -0.2) is 0 Å². The highest BCUT2D eigenvalue weighted by atomic mass is 14.3. The molecule has 0 saturated carbocycles. The first-order chi connectivity index (χ1) is 12.4. The Balaban J connectivity index is 1.52. The Kier molecular flexibility index (Phi) is 3.41. The molecule has 1 atom stereocenters. The van der Waals surface area contributed by atoms with Crippen LogP contribution >= 0.6 is 0 Å². The lowest BCUT2D eigenvalue weighted by molar-refractivity contribution is 0.789. The van der Waals surface area contributed by atoms with Crippen LogP contribution in [0.15, 0.2) is 91.0 Å². The Morgan fingerprint density at radius 2 is 1.24 bits per heavy atom. The number of fused-ring (bicyclic) bond motifs is 2. The van der Waals surface area contributed by atoms with Crippen molar-refractivity contribution < 1.29 is 0 Å². The fraction of sp³-hybridized carbons (Fsp3) is 0.120. The molecule has 0 heterocycles. The maximum Gasteiger partial charge on any atom is 0.00954 e. The van der Waals surface area contributed by atoms with Crippen molar-refractivity contribution in [2.24, 2.45) is 0 Å². The molecule has 1 unspecified atom stereocenters. The van der Waals surface area contributed by atoms with Gasteiger partial charge in [-0.3, -0.25) is 0 Å². The van der Waals surface area contributed by atoms with Crippen LogP contribution in [0.2, 0.25) is 0 Å². The standard InChI is InChI=1S/C25H20/c1-2-6-18(7-3-1)19-10-12-20(13-11-19)24-15-14-23-16-21-8-4-5-9-22(21)17-25(23)24/h1-13,16-17,24H,14-15H2. The lowest BCUT2D eigenvalue weighted by Gasteiger charge is -2.14. The predicted octanol–water partition coefficient (Wildman–Crippen LogP) is 6.58. The Morgan fingerprint density at radius 1 is 0.600 bits per heavy atom. The molecule has 5 rings (SSSR count). The summed E-state index contributed by atoms with van der Waals surface area (Å²) in [4.78, 5) is 0. The molecule has 1 aliphatic carbocycles. The summed E-state index contributed by atoms with van der Waals surface area (Å²) in [6.45, 7) is 0. The molecule has 0 amide bonds. The summed E-state index contributed by atoms with van der Waals surface area (Å²) in [6, 6.07) is 33.3. The summed E-state index contributed by atoms with van der Waals surface area (Å²) >= 11 is 0. The number of hydrogen-bond acceptors (Lipinski definition) is 0. The van der Waals surface area contributed by atoms with Crippen LogP contribution in [0.1, 0.15) is 29.0 Å². The molecule has 0 heteroatoms. The van der Waals surface area contributed by atoms with Crippen molar-refractivity contribution in [3.63, 3.8) is 0 Å². The maximum atomic E-state index is 2.41. The van der Waals surface area contributed by atoms with E-state index in [0.29, 0.717) is 5.92 Å². The van der Waals surface area contributed by atoms with Gasteiger partial charge >= 0.3 is 0 Å². The molecule has 0 spiro atoms. The topological polar surface area (TPSA) is 0 Å². The number of aryl methyl sites for hydroxylation is 1. The van der Waals surface area contributed by atoms with Crippen molar-refractivity contribution in [1.29, 1.82) is 0 Å². The normalized spacial score (nSPS) is 16.1. The molecule has 4 aromatic carbocycles. The zero-order chi connectivity index (χ0) is 16.6. The van der Waals surface area contributed by atoms with Crippen LogP contribution in [0.3, 0.4) is 0 Å². The average molecular weight is 320 g/mol. The molecule has 0 aromatic heterocycles. The third-order valence-corrected chi connectivity index (χ3v) is 5.51. The Morgan fingerprint density at radius 3 is 2.00 bits per heavy atom. The van der Waals surface area contributed by atoms with E-state index in [4.69, 9.17) is 0 Å². The van der Waals surface area contributed by atoms with E-state index in [1.54, 1.807) is 0 Å². The van der Waals surface area contributed by atoms with Crippen molar-refractivity contribution in [3.8, 4) is 11.1 Å². The van der Waals surface area contributed by atoms with Gasteiger partial charge < -0.3 is 0 Å². The van der Waals surface area contributed by atoms with E-state index in [0.717, 1.165) is 0 Å². The molecular formula is C25H20. The summed E-state index contributed by atoms with van der Waals surface area (Å²) in [7, 11) is 0. The van der Waals surface area contributed by atoms with Crippen molar-refractivity contribution in [2.75, 3.05) is 0 Å². The first-order valence-electron chi connectivity index (χ1n) is 9.05. The predicted molar refractivity (Wildman–Crippen MR) is 106 cm³/mol. The number of benzene rings is 4. The maximum absolute atomic E-state index is 2.41.